The molecule has 2 fully saturated rings. The lowest BCUT2D eigenvalue weighted by Gasteiger charge is -2.40. The Hall–Kier alpha value is -0.0800. The number of rotatable bonds is 5. The van der Waals surface area contributed by atoms with Gasteiger partial charge in [-0.2, -0.15) is 0 Å². The van der Waals surface area contributed by atoms with Crippen LogP contribution in [0.5, 0.6) is 0 Å². The van der Waals surface area contributed by atoms with Gasteiger partial charge in [0.15, 0.2) is 0 Å². The summed E-state index contributed by atoms with van der Waals surface area (Å²) < 4.78 is 0. The third-order valence-electron chi connectivity index (χ3n) is 4.95. The lowest BCUT2D eigenvalue weighted by Crippen LogP contribution is -2.45. The smallest absolute Gasteiger partial charge is 0.0558 e. The van der Waals surface area contributed by atoms with Crippen LogP contribution in [-0.4, -0.2) is 35.2 Å². The van der Waals surface area contributed by atoms with Crippen molar-refractivity contribution in [1.29, 1.82) is 0 Å². The Labute approximate surface area is 106 Å². The summed E-state index contributed by atoms with van der Waals surface area (Å²) in [5, 5.41) is 9.31. The average molecular weight is 239 g/mol. The summed E-state index contributed by atoms with van der Waals surface area (Å²) in [6.45, 7) is 3.58. The maximum absolute atomic E-state index is 9.31. The molecule has 0 aromatic carbocycles. The third kappa shape index (κ3) is 3.45. The Morgan fingerprint density at radius 2 is 1.71 bits per heavy atom. The van der Waals surface area contributed by atoms with Gasteiger partial charge in [0.05, 0.1) is 6.61 Å². The molecule has 2 rings (SSSR count). The van der Waals surface area contributed by atoms with E-state index in [0.717, 1.165) is 24.5 Å². The van der Waals surface area contributed by atoms with E-state index in [-0.39, 0.29) is 0 Å². The van der Waals surface area contributed by atoms with Crippen LogP contribution in [0.3, 0.4) is 0 Å². The van der Waals surface area contributed by atoms with E-state index in [1.165, 1.54) is 57.8 Å². The molecule has 0 aromatic heterocycles. The first-order valence-electron chi connectivity index (χ1n) is 7.71. The molecule has 2 nitrogen and oxygen atoms in total. The van der Waals surface area contributed by atoms with Crippen molar-refractivity contribution >= 4 is 0 Å². The van der Waals surface area contributed by atoms with Crippen LogP contribution in [0.2, 0.25) is 0 Å². The summed E-state index contributed by atoms with van der Waals surface area (Å²) in [5.41, 5.74) is 0. The molecule has 2 saturated carbocycles. The molecule has 0 saturated heterocycles. The van der Waals surface area contributed by atoms with Crippen LogP contribution >= 0.6 is 0 Å². The molecular weight excluding hydrogens is 210 g/mol. The van der Waals surface area contributed by atoms with Gasteiger partial charge < -0.3 is 5.11 Å². The van der Waals surface area contributed by atoms with Crippen molar-refractivity contribution in [2.75, 3.05) is 13.2 Å². The second-order valence-corrected chi connectivity index (χ2v) is 5.99. The highest BCUT2D eigenvalue weighted by Gasteiger charge is 2.31. The number of aliphatic hydroxyl groups excluding tert-OH is 1. The van der Waals surface area contributed by atoms with Crippen molar-refractivity contribution in [2.45, 2.75) is 76.8 Å². The fourth-order valence-corrected chi connectivity index (χ4v) is 3.95. The SMILES string of the molecule is CCC1CCCC(N(CCO)C2CCCC2)C1. The summed E-state index contributed by atoms with van der Waals surface area (Å²) in [5.74, 6) is 0.941. The van der Waals surface area contributed by atoms with Gasteiger partial charge in [-0.05, 0) is 31.6 Å². The molecule has 2 unspecified atom stereocenters. The monoisotopic (exact) mass is 239 g/mol. The van der Waals surface area contributed by atoms with Crippen molar-refractivity contribution < 1.29 is 5.11 Å². The molecule has 17 heavy (non-hydrogen) atoms. The van der Waals surface area contributed by atoms with Gasteiger partial charge in [0.2, 0.25) is 0 Å². The molecule has 2 atom stereocenters. The minimum Gasteiger partial charge on any atom is -0.395 e. The molecule has 100 valence electrons. The lowest BCUT2D eigenvalue weighted by atomic mass is 9.83. The van der Waals surface area contributed by atoms with Gasteiger partial charge in [-0.3, -0.25) is 4.90 Å². The fraction of sp³-hybridized carbons (Fsp3) is 1.00. The van der Waals surface area contributed by atoms with E-state index in [4.69, 9.17) is 0 Å². The van der Waals surface area contributed by atoms with Gasteiger partial charge in [0.25, 0.3) is 0 Å². The molecule has 0 spiro atoms. The zero-order chi connectivity index (χ0) is 12.1. The molecule has 2 aliphatic carbocycles. The Bertz CT molecular complexity index is 213. The summed E-state index contributed by atoms with van der Waals surface area (Å²) >= 11 is 0. The van der Waals surface area contributed by atoms with Gasteiger partial charge in [-0.15, -0.1) is 0 Å². The van der Waals surface area contributed by atoms with Crippen molar-refractivity contribution in [1.82, 2.24) is 4.90 Å². The lowest BCUT2D eigenvalue weighted by molar-refractivity contribution is 0.0673. The molecule has 0 heterocycles. The highest BCUT2D eigenvalue weighted by Crippen LogP contribution is 2.33. The normalized spacial score (nSPS) is 31.2. The summed E-state index contributed by atoms with van der Waals surface area (Å²) in [7, 11) is 0. The average Bonchev–Trinajstić information content (AvgIpc) is 2.89. The molecule has 0 aliphatic heterocycles. The molecule has 0 radical (unpaired) electrons. The second-order valence-electron chi connectivity index (χ2n) is 5.99. The summed E-state index contributed by atoms with van der Waals surface area (Å²) in [6.07, 6.45) is 12.5. The van der Waals surface area contributed by atoms with E-state index < -0.39 is 0 Å². The van der Waals surface area contributed by atoms with Crippen LogP contribution in [0.1, 0.15) is 64.7 Å². The highest BCUT2D eigenvalue weighted by atomic mass is 16.3. The maximum Gasteiger partial charge on any atom is 0.0558 e. The van der Waals surface area contributed by atoms with Crippen LogP contribution in [-0.2, 0) is 0 Å². The molecule has 2 aliphatic rings. The van der Waals surface area contributed by atoms with Gasteiger partial charge >= 0.3 is 0 Å². The Balaban J connectivity index is 1.93. The molecule has 0 bridgehead atoms. The van der Waals surface area contributed by atoms with E-state index >= 15 is 0 Å². The number of hydrogen-bond donors (Lipinski definition) is 1. The van der Waals surface area contributed by atoms with E-state index in [1.807, 2.05) is 0 Å². The number of hydrogen-bond acceptors (Lipinski definition) is 2. The first-order valence-corrected chi connectivity index (χ1v) is 7.71. The van der Waals surface area contributed by atoms with Gasteiger partial charge in [-0.25, -0.2) is 0 Å². The summed E-state index contributed by atoms with van der Waals surface area (Å²) in [4.78, 5) is 2.66. The van der Waals surface area contributed by atoms with Crippen LogP contribution in [0.4, 0.5) is 0 Å². The Morgan fingerprint density at radius 1 is 1.00 bits per heavy atom. The Morgan fingerprint density at radius 3 is 2.35 bits per heavy atom. The molecule has 1 N–H and O–H groups in total. The quantitative estimate of drug-likeness (QED) is 0.796. The zero-order valence-corrected chi connectivity index (χ0v) is 11.4. The van der Waals surface area contributed by atoms with Gasteiger partial charge in [0, 0.05) is 18.6 Å². The van der Waals surface area contributed by atoms with Gasteiger partial charge in [0.1, 0.15) is 0 Å². The van der Waals surface area contributed by atoms with Crippen LogP contribution in [0, 0.1) is 5.92 Å². The molecular formula is C15H29NO. The minimum absolute atomic E-state index is 0.337. The van der Waals surface area contributed by atoms with E-state index in [9.17, 15) is 5.11 Å². The third-order valence-corrected chi connectivity index (χ3v) is 4.95. The minimum atomic E-state index is 0.337. The Kier molecular flexibility index (Phi) is 5.30. The predicted molar refractivity (Wildman–Crippen MR) is 72.1 cm³/mol. The van der Waals surface area contributed by atoms with Crippen molar-refractivity contribution in [3.05, 3.63) is 0 Å². The highest BCUT2D eigenvalue weighted by molar-refractivity contribution is 4.86. The first kappa shape index (κ1) is 13.4. The first-order chi connectivity index (χ1) is 8.35. The molecule has 0 amide bonds. The predicted octanol–water partition coefficient (Wildman–Crippen LogP) is 3.19. The van der Waals surface area contributed by atoms with Gasteiger partial charge in [-0.1, -0.05) is 39.0 Å². The van der Waals surface area contributed by atoms with Crippen LogP contribution in [0.15, 0.2) is 0 Å². The second kappa shape index (κ2) is 6.75. The standard InChI is InChI=1S/C15H29NO/c1-2-13-6-5-9-15(12-13)16(10-11-17)14-7-3-4-8-14/h13-15,17H,2-12H2,1H3. The number of aliphatic hydroxyl groups is 1. The molecule has 0 aromatic rings. The zero-order valence-electron chi connectivity index (χ0n) is 11.4. The van der Waals surface area contributed by atoms with Crippen LogP contribution < -0.4 is 0 Å². The molecule has 2 heteroatoms. The van der Waals surface area contributed by atoms with Crippen molar-refractivity contribution in [3.8, 4) is 0 Å². The van der Waals surface area contributed by atoms with Crippen molar-refractivity contribution in [3.63, 3.8) is 0 Å². The van der Waals surface area contributed by atoms with E-state index in [1.54, 1.807) is 0 Å². The fourth-order valence-electron chi connectivity index (χ4n) is 3.95. The topological polar surface area (TPSA) is 23.5 Å². The maximum atomic E-state index is 9.31. The van der Waals surface area contributed by atoms with E-state index in [2.05, 4.69) is 11.8 Å². The van der Waals surface area contributed by atoms with E-state index in [0.29, 0.717) is 6.61 Å². The summed E-state index contributed by atoms with van der Waals surface area (Å²) in [6, 6.07) is 1.55. The van der Waals surface area contributed by atoms with Crippen LogP contribution in [0.25, 0.3) is 0 Å². The largest absolute Gasteiger partial charge is 0.395 e. The van der Waals surface area contributed by atoms with Crippen molar-refractivity contribution in [2.24, 2.45) is 5.92 Å². The number of nitrogens with zero attached hydrogens (tertiary/aromatic N) is 1.